The number of carbonyl (C=O) groups is 1. The van der Waals surface area contributed by atoms with Crippen molar-refractivity contribution in [3.8, 4) is 5.75 Å². The van der Waals surface area contributed by atoms with Crippen molar-refractivity contribution >= 4 is 5.97 Å². The number of hydrogen-bond donors (Lipinski definition) is 2. The summed E-state index contributed by atoms with van der Waals surface area (Å²) in [5.74, 6) is -0.595. The maximum atomic E-state index is 10.9. The molecule has 3 N–H and O–H groups in total. The zero-order chi connectivity index (χ0) is 10.8. The van der Waals surface area contributed by atoms with Crippen LogP contribution >= 0.6 is 0 Å². The van der Waals surface area contributed by atoms with Gasteiger partial charge in [-0.1, -0.05) is 18.2 Å². The summed E-state index contributed by atoms with van der Waals surface area (Å²) >= 11 is 0. The van der Waals surface area contributed by atoms with Gasteiger partial charge in [-0.3, -0.25) is 0 Å². The van der Waals surface area contributed by atoms with E-state index in [1.807, 2.05) is 0 Å². The molecule has 0 aliphatic carbocycles. The summed E-state index contributed by atoms with van der Waals surface area (Å²) in [6.45, 7) is 1.44. The smallest absolute Gasteiger partial charge is 0.328 e. The molecule has 0 bridgehead atoms. The number of aliphatic carboxylic acids is 1. The molecule has 0 aliphatic rings. The van der Waals surface area contributed by atoms with Gasteiger partial charge < -0.3 is 15.6 Å². The first-order valence-corrected chi connectivity index (χ1v) is 4.16. The van der Waals surface area contributed by atoms with E-state index in [0.29, 0.717) is 11.3 Å². The number of benzene rings is 1. The third kappa shape index (κ3) is 1.70. The van der Waals surface area contributed by atoms with Crippen molar-refractivity contribution in [1.82, 2.24) is 0 Å². The van der Waals surface area contributed by atoms with E-state index in [0.717, 1.165) is 0 Å². The molecular weight excluding hydrogens is 182 g/mol. The van der Waals surface area contributed by atoms with Gasteiger partial charge in [0.15, 0.2) is 0 Å². The van der Waals surface area contributed by atoms with Gasteiger partial charge in [0.25, 0.3) is 0 Å². The van der Waals surface area contributed by atoms with Crippen molar-refractivity contribution in [3.63, 3.8) is 0 Å². The second-order valence-electron chi connectivity index (χ2n) is 3.21. The van der Waals surface area contributed by atoms with Gasteiger partial charge in [-0.2, -0.15) is 0 Å². The quantitative estimate of drug-likeness (QED) is 0.753. The molecule has 0 aliphatic heterocycles. The second-order valence-corrected chi connectivity index (χ2v) is 3.21. The van der Waals surface area contributed by atoms with Crippen molar-refractivity contribution in [2.45, 2.75) is 12.5 Å². The van der Waals surface area contributed by atoms with Crippen LogP contribution in [-0.4, -0.2) is 18.2 Å². The summed E-state index contributed by atoms with van der Waals surface area (Å²) in [4.78, 5) is 10.9. The van der Waals surface area contributed by atoms with E-state index in [1.54, 1.807) is 24.3 Å². The number of methoxy groups -OCH3 is 1. The van der Waals surface area contributed by atoms with E-state index >= 15 is 0 Å². The molecule has 1 aromatic carbocycles. The molecule has 0 amide bonds. The molecule has 1 aromatic rings. The molecule has 1 rings (SSSR count). The number of rotatable bonds is 3. The first-order chi connectivity index (χ1) is 6.50. The number of carboxylic acids is 1. The van der Waals surface area contributed by atoms with Crippen LogP contribution in [-0.2, 0) is 10.3 Å². The lowest BCUT2D eigenvalue weighted by Gasteiger charge is -2.21. The summed E-state index contributed by atoms with van der Waals surface area (Å²) in [6.07, 6.45) is 0. The van der Waals surface area contributed by atoms with Gasteiger partial charge in [-0.25, -0.2) is 4.79 Å². The summed E-state index contributed by atoms with van der Waals surface area (Å²) in [5, 5.41) is 8.93. The Balaban J connectivity index is 3.24. The topological polar surface area (TPSA) is 72.5 Å². The van der Waals surface area contributed by atoms with Crippen LogP contribution in [0.25, 0.3) is 0 Å². The molecule has 0 heterocycles. The number of ether oxygens (including phenoxy) is 1. The van der Waals surface area contributed by atoms with Gasteiger partial charge in [0.1, 0.15) is 11.3 Å². The predicted octanol–water partition coefficient (Wildman–Crippen LogP) is 0.954. The first kappa shape index (κ1) is 10.5. The molecule has 0 radical (unpaired) electrons. The Morgan fingerprint density at radius 1 is 1.50 bits per heavy atom. The van der Waals surface area contributed by atoms with Crippen molar-refractivity contribution < 1.29 is 14.6 Å². The van der Waals surface area contributed by atoms with Gasteiger partial charge >= 0.3 is 5.97 Å². The van der Waals surface area contributed by atoms with E-state index in [9.17, 15) is 4.79 Å². The fourth-order valence-corrected chi connectivity index (χ4v) is 1.19. The average Bonchev–Trinajstić information content (AvgIpc) is 2.17. The van der Waals surface area contributed by atoms with Crippen LogP contribution in [0.2, 0.25) is 0 Å². The molecule has 0 unspecified atom stereocenters. The SMILES string of the molecule is COc1ccccc1[C@@](C)(N)C(=O)O. The average molecular weight is 195 g/mol. The molecule has 0 saturated heterocycles. The van der Waals surface area contributed by atoms with E-state index in [4.69, 9.17) is 15.6 Å². The number of carboxylic acid groups (broad SMARTS) is 1. The Morgan fingerprint density at radius 2 is 2.07 bits per heavy atom. The van der Waals surface area contributed by atoms with Gasteiger partial charge in [0.05, 0.1) is 7.11 Å². The summed E-state index contributed by atoms with van der Waals surface area (Å²) in [6, 6.07) is 6.82. The summed E-state index contributed by atoms with van der Waals surface area (Å²) in [5.41, 5.74) is 4.72. The molecule has 4 nitrogen and oxygen atoms in total. The van der Waals surface area contributed by atoms with Gasteiger partial charge in [0, 0.05) is 5.56 Å². The highest BCUT2D eigenvalue weighted by Crippen LogP contribution is 2.27. The lowest BCUT2D eigenvalue weighted by Crippen LogP contribution is -2.41. The monoisotopic (exact) mass is 195 g/mol. The van der Waals surface area contributed by atoms with Crippen molar-refractivity contribution in [1.29, 1.82) is 0 Å². The molecule has 0 spiro atoms. The zero-order valence-corrected chi connectivity index (χ0v) is 8.15. The highest BCUT2D eigenvalue weighted by molar-refractivity contribution is 5.81. The van der Waals surface area contributed by atoms with Crippen molar-refractivity contribution in [3.05, 3.63) is 29.8 Å². The lowest BCUT2D eigenvalue weighted by molar-refractivity contribution is -0.143. The first-order valence-electron chi connectivity index (χ1n) is 4.16. The van der Waals surface area contributed by atoms with Gasteiger partial charge in [-0.15, -0.1) is 0 Å². The predicted molar refractivity (Wildman–Crippen MR) is 52.2 cm³/mol. The second kappa shape index (κ2) is 3.67. The minimum absolute atomic E-state index is 0.468. The molecular formula is C10H13NO3. The molecule has 1 atom stereocenters. The molecule has 0 fully saturated rings. The summed E-state index contributed by atoms with van der Waals surface area (Å²) < 4.78 is 5.04. The third-order valence-corrected chi connectivity index (χ3v) is 2.11. The number of nitrogens with two attached hydrogens (primary N) is 1. The van der Waals surface area contributed by atoms with Crippen LogP contribution in [0.5, 0.6) is 5.75 Å². The minimum atomic E-state index is -1.42. The molecule has 14 heavy (non-hydrogen) atoms. The Labute approximate surface area is 82.3 Å². The number of para-hydroxylation sites is 1. The molecule has 4 heteroatoms. The van der Waals surface area contributed by atoms with Gasteiger partial charge in [0.2, 0.25) is 0 Å². The Bertz CT molecular complexity index is 347. The molecule has 0 aromatic heterocycles. The third-order valence-electron chi connectivity index (χ3n) is 2.11. The number of hydrogen-bond acceptors (Lipinski definition) is 3. The van der Waals surface area contributed by atoms with E-state index in [2.05, 4.69) is 0 Å². The fraction of sp³-hybridized carbons (Fsp3) is 0.300. The van der Waals surface area contributed by atoms with Crippen LogP contribution in [0.3, 0.4) is 0 Å². The highest BCUT2D eigenvalue weighted by atomic mass is 16.5. The Morgan fingerprint density at radius 3 is 2.57 bits per heavy atom. The maximum absolute atomic E-state index is 10.9. The van der Waals surface area contributed by atoms with E-state index in [1.165, 1.54) is 14.0 Å². The van der Waals surface area contributed by atoms with Crippen LogP contribution in [0, 0.1) is 0 Å². The standard InChI is InChI=1S/C10H13NO3/c1-10(11,9(12)13)7-5-3-4-6-8(7)14-2/h3-6H,11H2,1-2H3,(H,12,13)/t10-/m1/s1. The van der Waals surface area contributed by atoms with Crippen LogP contribution in [0.15, 0.2) is 24.3 Å². The molecule has 0 saturated carbocycles. The molecule has 76 valence electrons. The lowest BCUT2D eigenvalue weighted by atomic mass is 9.92. The normalized spacial score (nSPS) is 14.5. The van der Waals surface area contributed by atoms with Crippen molar-refractivity contribution in [2.75, 3.05) is 7.11 Å². The van der Waals surface area contributed by atoms with E-state index < -0.39 is 11.5 Å². The maximum Gasteiger partial charge on any atom is 0.328 e. The van der Waals surface area contributed by atoms with Crippen molar-refractivity contribution in [2.24, 2.45) is 5.73 Å². The van der Waals surface area contributed by atoms with Crippen LogP contribution in [0.4, 0.5) is 0 Å². The Hall–Kier alpha value is -1.55. The summed E-state index contributed by atoms with van der Waals surface area (Å²) in [7, 11) is 1.48. The Kier molecular flexibility index (Phi) is 2.76. The largest absolute Gasteiger partial charge is 0.496 e. The highest BCUT2D eigenvalue weighted by Gasteiger charge is 2.32. The van der Waals surface area contributed by atoms with Crippen LogP contribution in [0.1, 0.15) is 12.5 Å². The zero-order valence-electron chi connectivity index (χ0n) is 8.15. The van der Waals surface area contributed by atoms with E-state index in [-0.39, 0.29) is 0 Å². The van der Waals surface area contributed by atoms with Gasteiger partial charge in [-0.05, 0) is 13.0 Å². The minimum Gasteiger partial charge on any atom is -0.496 e. The fourth-order valence-electron chi connectivity index (χ4n) is 1.19. The van der Waals surface area contributed by atoms with Crippen LogP contribution < -0.4 is 10.5 Å².